The quantitative estimate of drug-likeness (QED) is 0.709. The standard InChI is InChI=1S/C21H25N3/c1-2-24-20-11-7-6-10-19(20)22-21(24)16-23-14-12-18(13-15-23)17-8-4-3-5-9-17/h3-11,18H,2,12-16H2,1H3. The highest BCUT2D eigenvalue weighted by molar-refractivity contribution is 5.75. The van der Waals surface area contributed by atoms with Gasteiger partial charge in [0.2, 0.25) is 0 Å². The van der Waals surface area contributed by atoms with E-state index in [1.807, 2.05) is 0 Å². The number of aryl methyl sites for hydroxylation is 1. The van der Waals surface area contributed by atoms with Crippen molar-refractivity contribution in [3.63, 3.8) is 0 Å². The highest BCUT2D eigenvalue weighted by atomic mass is 15.2. The summed E-state index contributed by atoms with van der Waals surface area (Å²) >= 11 is 0. The Morgan fingerprint density at radius 1 is 0.958 bits per heavy atom. The van der Waals surface area contributed by atoms with Gasteiger partial charge >= 0.3 is 0 Å². The molecule has 1 aromatic heterocycles. The van der Waals surface area contributed by atoms with Gasteiger partial charge in [-0.15, -0.1) is 0 Å². The van der Waals surface area contributed by atoms with Crippen LogP contribution in [0.4, 0.5) is 0 Å². The summed E-state index contributed by atoms with van der Waals surface area (Å²) in [6.45, 7) is 6.47. The molecule has 0 radical (unpaired) electrons. The number of para-hydroxylation sites is 2. The van der Waals surface area contributed by atoms with Crippen LogP contribution in [0.5, 0.6) is 0 Å². The van der Waals surface area contributed by atoms with Gasteiger partial charge < -0.3 is 4.57 Å². The Kier molecular flexibility index (Phi) is 4.35. The van der Waals surface area contributed by atoms with E-state index in [-0.39, 0.29) is 0 Å². The Labute approximate surface area is 143 Å². The molecule has 0 aliphatic carbocycles. The number of hydrogen-bond donors (Lipinski definition) is 0. The third-order valence-corrected chi connectivity index (χ3v) is 5.27. The minimum atomic E-state index is 0.715. The second-order valence-electron chi connectivity index (χ2n) is 6.72. The number of likely N-dealkylation sites (tertiary alicyclic amines) is 1. The zero-order valence-electron chi connectivity index (χ0n) is 14.4. The summed E-state index contributed by atoms with van der Waals surface area (Å²) in [7, 11) is 0. The third kappa shape index (κ3) is 2.96. The molecule has 1 aliphatic heterocycles. The van der Waals surface area contributed by atoms with E-state index in [1.54, 1.807) is 0 Å². The van der Waals surface area contributed by atoms with Crippen molar-refractivity contribution in [1.82, 2.24) is 14.5 Å². The number of benzene rings is 2. The highest BCUT2D eigenvalue weighted by Gasteiger charge is 2.22. The van der Waals surface area contributed by atoms with Gasteiger partial charge in [-0.25, -0.2) is 4.98 Å². The normalized spacial score (nSPS) is 16.7. The summed E-state index contributed by atoms with van der Waals surface area (Å²) in [4.78, 5) is 7.44. The molecule has 1 saturated heterocycles. The van der Waals surface area contributed by atoms with Crippen LogP contribution >= 0.6 is 0 Å². The lowest BCUT2D eigenvalue weighted by atomic mass is 9.89. The van der Waals surface area contributed by atoms with Gasteiger partial charge in [-0.2, -0.15) is 0 Å². The van der Waals surface area contributed by atoms with E-state index in [0.29, 0.717) is 5.92 Å². The molecule has 0 atom stereocenters. The molecule has 0 saturated carbocycles. The molecule has 0 amide bonds. The molecular weight excluding hydrogens is 294 g/mol. The summed E-state index contributed by atoms with van der Waals surface area (Å²) in [5.74, 6) is 1.92. The number of rotatable bonds is 4. The average molecular weight is 319 g/mol. The predicted octanol–water partition coefficient (Wildman–Crippen LogP) is 4.44. The summed E-state index contributed by atoms with van der Waals surface area (Å²) in [6, 6.07) is 19.4. The number of fused-ring (bicyclic) bond motifs is 1. The minimum absolute atomic E-state index is 0.715. The van der Waals surface area contributed by atoms with Gasteiger partial charge in [0.25, 0.3) is 0 Å². The fourth-order valence-corrected chi connectivity index (χ4v) is 3.95. The second-order valence-corrected chi connectivity index (χ2v) is 6.72. The molecule has 24 heavy (non-hydrogen) atoms. The van der Waals surface area contributed by atoms with Crippen molar-refractivity contribution in [3.8, 4) is 0 Å². The summed E-state index contributed by atoms with van der Waals surface area (Å²) in [5, 5.41) is 0. The first-order chi connectivity index (χ1) is 11.8. The van der Waals surface area contributed by atoms with Crippen molar-refractivity contribution in [2.24, 2.45) is 0 Å². The molecule has 4 rings (SSSR count). The monoisotopic (exact) mass is 319 g/mol. The smallest absolute Gasteiger partial charge is 0.124 e. The van der Waals surface area contributed by atoms with Crippen molar-refractivity contribution in [2.45, 2.75) is 38.8 Å². The van der Waals surface area contributed by atoms with Gasteiger partial charge in [-0.3, -0.25) is 4.90 Å². The first-order valence-electron chi connectivity index (χ1n) is 9.06. The molecule has 1 fully saturated rings. The molecule has 2 aromatic carbocycles. The Bertz CT molecular complexity index is 798. The maximum atomic E-state index is 4.88. The maximum absolute atomic E-state index is 4.88. The molecule has 0 N–H and O–H groups in total. The van der Waals surface area contributed by atoms with Crippen LogP contribution < -0.4 is 0 Å². The minimum Gasteiger partial charge on any atom is -0.327 e. The van der Waals surface area contributed by atoms with Crippen molar-refractivity contribution in [2.75, 3.05) is 13.1 Å². The SMILES string of the molecule is CCn1c(CN2CCC(c3ccccc3)CC2)nc2ccccc21. The predicted molar refractivity (Wildman–Crippen MR) is 99.1 cm³/mol. The van der Waals surface area contributed by atoms with Crippen LogP contribution in [0, 0.1) is 0 Å². The van der Waals surface area contributed by atoms with E-state index < -0.39 is 0 Å². The average Bonchev–Trinajstić information content (AvgIpc) is 3.00. The maximum Gasteiger partial charge on any atom is 0.124 e. The van der Waals surface area contributed by atoms with E-state index in [4.69, 9.17) is 4.98 Å². The molecule has 0 spiro atoms. The highest BCUT2D eigenvalue weighted by Crippen LogP contribution is 2.28. The van der Waals surface area contributed by atoms with Crippen molar-refractivity contribution in [1.29, 1.82) is 0 Å². The number of piperidine rings is 1. The van der Waals surface area contributed by atoms with Crippen molar-refractivity contribution in [3.05, 3.63) is 66.0 Å². The van der Waals surface area contributed by atoms with Crippen molar-refractivity contribution >= 4 is 11.0 Å². The molecule has 3 heteroatoms. The summed E-state index contributed by atoms with van der Waals surface area (Å²) in [6.07, 6.45) is 2.49. The largest absolute Gasteiger partial charge is 0.327 e. The molecular formula is C21H25N3. The van der Waals surface area contributed by atoms with Gasteiger partial charge in [0.15, 0.2) is 0 Å². The number of imidazole rings is 1. The zero-order valence-corrected chi connectivity index (χ0v) is 14.4. The molecule has 2 heterocycles. The van der Waals surface area contributed by atoms with Crippen LogP contribution in [-0.2, 0) is 13.1 Å². The van der Waals surface area contributed by atoms with Crippen LogP contribution in [0.2, 0.25) is 0 Å². The van der Waals surface area contributed by atoms with Gasteiger partial charge in [-0.05, 0) is 56.5 Å². The molecule has 3 aromatic rings. The zero-order chi connectivity index (χ0) is 16.4. The third-order valence-electron chi connectivity index (χ3n) is 5.27. The van der Waals surface area contributed by atoms with Gasteiger partial charge in [-0.1, -0.05) is 42.5 Å². The van der Waals surface area contributed by atoms with Crippen LogP contribution in [0.15, 0.2) is 54.6 Å². The first-order valence-corrected chi connectivity index (χ1v) is 9.06. The van der Waals surface area contributed by atoms with Crippen molar-refractivity contribution < 1.29 is 0 Å². The van der Waals surface area contributed by atoms with E-state index in [2.05, 4.69) is 71.0 Å². The van der Waals surface area contributed by atoms with Crippen LogP contribution in [0.25, 0.3) is 11.0 Å². The Hall–Kier alpha value is -2.13. The Morgan fingerprint density at radius 2 is 1.67 bits per heavy atom. The molecule has 124 valence electrons. The van der Waals surface area contributed by atoms with Gasteiger partial charge in [0.05, 0.1) is 17.6 Å². The number of aromatic nitrogens is 2. The first kappa shape index (κ1) is 15.4. The summed E-state index contributed by atoms with van der Waals surface area (Å²) in [5.41, 5.74) is 3.88. The fraction of sp³-hybridized carbons (Fsp3) is 0.381. The lowest BCUT2D eigenvalue weighted by Crippen LogP contribution is -2.33. The number of nitrogens with zero attached hydrogens (tertiary/aromatic N) is 3. The lowest BCUT2D eigenvalue weighted by molar-refractivity contribution is 0.198. The second kappa shape index (κ2) is 6.78. The fourth-order valence-electron chi connectivity index (χ4n) is 3.95. The van der Waals surface area contributed by atoms with Crippen LogP contribution in [0.1, 0.15) is 37.1 Å². The molecule has 3 nitrogen and oxygen atoms in total. The molecule has 1 aliphatic rings. The van der Waals surface area contributed by atoms with E-state index in [1.165, 1.54) is 29.7 Å². The van der Waals surface area contributed by atoms with Crippen LogP contribution in [-0.4, -0.2) is 27.5 Å². The summed E-state index contributed by atoms with van der Waals surface area (Å²) < 4.78 is 2.36. The van der Waals surface area contributed by atoms with Crippen LogP contribution in [0.3, 0.4) is 0 Å². The lowest BCUT2D eigenvalue weighted by Gasteiger charge is -2.32. The molecule has 0 bridgehead atoms. The van der Waals surface area contributed by atoms with E-state index in [0.717, 1.165) is 31.7 Å². The molecule has 0 unspecified atom stereocenters. The Morgan fingerprint density at radius 3 is 2.42 bits per heavy atom. The van der Waals surface area contributed by atoms with E-state index >= 15 is 0 Å². The topological polar surface area (TPSA) is 21.1 Å². The van der Waals surface area contributed by atoms with E-state index in [9.17, 15) is 0 Å². The Balaban J connectivity index is 1.46. The van der Waals surface area contributed by atoms with Gasteiger partial charge in [0.1, 0.15) is 5.82 Å². The number of hydrogen-bond acceptors (Lipinski definition) is 2. The van der Waals surface area contributed by atoms with Gasteiger partial charge in [0, 0.05) is 6.54 Å².